The van der Waals surface area contributed by atoms with E-state index in [1.807, 2.05) is 24.3 Å². The zero-order valence-corrected chi connectivity index (χ0v) is 15.5. The highest BCUT2D eigenvalue weighted by atomic mass is 35.5. The molecule has 0 fully saturated rings. The van der Waals surface area contributed by atoms with Crippen LogP contribution < -0.4 is 15.8 Å². The molecule has 0 radical (unpaired) electrons. The minimum absolute atomic E-state index is 0. The molecule has 0 aliphatic heterocycles. The average Bonchev–Trinajstić information content (AvgIpc) is 2.48. The first-order chi connectivity index (χ1) is 10.4. The second-order valence-corrected chi connectivity index (χ2v) is 5.66. The minimum atomic E-state index is -0.935. The van der Waals surface area contributed by atoms with Gasteiger partial charge in [-0.3, -0.25) is 4.79 Å². The number of aromatic nitrogens is 1. The van der Waals surface area contributed by atoms with Crippen LogP contribution in [0.4, 0.5) is 5.69 Å². The van der Waals surface area contributed by atoms with Crippen molar-refractivity contribution in [1.82, 2.24) is 4.98 Å². The summed E-state index contributed by atoms with van der Waals surface area (Å²) in [4.78, 5) is 16.0. The number of aryl methyl sites for hydroxylation is 1. The number of ether oxygens (including phenoxy) is 1. The lowest BCUT2D eigenvalue weighted by molar-refractivity contribution is -0.120. The predicted molar refractivity (Wildman–Crippen MR) is 102 cm³/mol. The van der Waals surface area contributed by atoms with Gasteiger partial charge in [-0.1, -0.05) is 19.1 Å². The molecular weight excluding hydrogens is 349 g/mol. The van der Waals surface area contributed by atoms with Crippen molar-refractivity contribution in [2.75, 3.05) is 5.32 Å². The number of rotatable bonds is 5. The van der Waals surface area contributed by atoms with Gasteiger partial charge in [0.15, 0.2) is 0 Å². The van der Waals surface area contributed by atoms with E-state index in [-0.39, 0.29) is 30.7 Å². The van der Waals surface area contributed by atoms with Crippen molar-refractivity contribution >= 4 is 36.4 Å². The van der Waals surface area contributed by atoms with Crippen LogP contribution in [0.1, 0.15) is 26.3 Å². The maximum Gasteiger partial charge on any atom is 0.243 e. The molecule has 132 valence electrons. The zero-order valence-electron chi connectivity index (χ0n) is 13.9. The number of benzene rings is 1. The summed E-state index contributed by atoms with van der Waals surface area (Å²) in [6, 6.07) is 11.3. The Labute approximate surface area is 154 Å². The van der Waals surface area contributed by atoms with E-state index >= 15 is 0 Å². The van der Waals surface area contributed by atoms with Crippen LogP contribution in [0.2, 0.25) is 0 Å². The van der Waals surface area contributed by atoms with Crippen LogP contribution in [0.25, 0.3) is 0 Å². The first-order valence-corrected chi connectivity index (χ1v) is 7.21. The molecule has 0 spiro atoms. The molecule has 2 aromatic rings. The minimum Gasteiger partial charge on any atom is -0.439 e. The molecule has 2 rings (SSSR count). The number of hydrogen-bond acceptors (Lipinski definition) is 4. The molecule has 0 aliphatic carbocycles. The lowest BCUT2D eigenvalue weighted by atomic mass is 10.1. The number of anilines is 1. The Kier molecular flexibility index (Phi) is 8.75. The molecule has 0 unspecified atom stereocenters. The molecular formula is C17H23Cl2N3O2. The van der Waals surface area contributed by atoms with E-state index in [0.29, 0.717) is 11.6 Å². The Balaban J connectivity index is 0.00000264. The molecule has 0 saturated carbocycles. The number of pyridine rings is 1. The lowest BCUT2D eigenvalue weighted by Gasteiger charge is -2.17. The summed E-state index contributed by atoms with van der Waals surface area (Å²) < 4.78 is 5.70. The van der Waals surface area contributed by atoms with Gasteiger partial charge < -0.3 is 15.8 Å². The van der Waals surface area contributed by atoms with Crippen LogP contribution in [-0.2, 0) is 11.2 Å². The molecule has 1 heterocycles. The summed E-state index contributed by atoms with van der Waals surface area (Å²) in [5, 5.41) is 2.71. The second-order valence-electron chi connectivity index (χ2n) is 5.66. The topological polar surface area (TPSA) is 77.2 Å². The molecule has 0 saturated heterocycles. The number of nitrogens with one attached hydrogen (secondary N) is 1. The normalized spacial score (nSPS) is 10.2. The van der Waals surface area contributed by atoms with Gasteiger partial charge in [0.25, 0.3) is 0 Å². The molecule has 3 N–H and O–H groups in total. The summed E-state index contributed by atoms with van der Waals surface area (Å²) in [5.41, 5.74) is 6.58. The number of hydrogen-bond donors (Lipinski definition) is 2. The fourth-order valence-electron chi connectivity index (χ4n) is 1.76. The first kappa shape index (κ1) is 22.2. The lowest BCUT2D eigenvalue weighted by Crippen LogP contribution is -2.45. The van der Waals surface area contributed by atoms with E-state index in [1.165, 1.54) is 5.56 Å². The standard InChI is InChI=1S/C17H21N3O2.2ClH/c1-4-12-6-5-7-14(10-12)22-15-9-8-13(11-19-15)20-16(21)17(2,3)18;;/h5-11H,4,18H2,1-3H3,(H,20,21);2*1H. The van der Waals surface area contributed by atoms with Gasteiger partial charge in [0, 0.05) is 6.07 Å². The molecule has 24 heavy (non-hydrogen) atoms. The van der Waals surface area contributed by atoms with Gasteiger partial charge >= 0.3 is 0 Å². The summed E-state index contributed by atoms with van der Waals surface area (Å²) in [7, 11) is 0. The fourth-order valence-corrected chi connectivity index (χ4v) is 1.76. The quantitative estimate of drug-likeness (QED) is 0.833. The highest BCUT2D eigenvalue weighted by Gasteiger charge is 2.21. The van der Waals surface area contributed by atoms with E-state index in [0.717, 1.165) is 12.2 Å². The maximum absolute atomic E-state index is 11.8. The largest absolute Gasteiger partial charge is 0.439 e. The van der Waals surface area contributed by atoms with Crippen LogP contribution in [0.15, 0.2) is 42.6 Å². The Morgan fingerprint density at radius 1 is 1.25 bits per heavy atom. The fraction of sp³-hybridized carbons (Fsp3) is 0.294. The van der Waals surface area contributed by atoms with Gasteiger partial charge in [-0.15, -0.1) is 24.8 Å². The highest BCUT2D eigenvalue weighted by molar-refractivity contribution is 5.97. The van der Waals surface area contributed by atoms with E-state index in [9.17, 15) is 4.79 Å². The number of halogens is 2. The second kappa shape index (κ2) is 9.47. The molecule has 1 amide bonds. The average molecular weight is 372 g/mol. The third kappa shape index (κ3) is 6.35. The summed E-state index contributed by atoms with van der Waals surface area (Å²) in [6.07, 6.45) is 2.49. The SMILES string of the molecule is CCc1cccc(Oc2ccc(NC(=O)C(C)(C)N)cn2)c1.Cl.Cl. The first-order valence-electron chi connectivity index (χ1n) is 7.21. The molecule has 1 aromatic heterocycles. The molecule has 0 bridgehead atoms. The highest BCUT2D eigenvalue weighted by Crippen LogP contribution is 2.22. The Morgan fingerprint density at radius 2 is 1.96 bits per heavy atom. The molecule has 0 atom stereocenters. The van der Waals surface area contributed by atoms with Gasteiger partial charge in [-0.25, -0.2) is 4.98 Å². The summed E-state index contributed by atoms with van der Waals surface area (Å²) in [5.74, 6) is 0.948. The van der Waals surface area contributed by atoms with Crippen molar-refractivity contribution in [3.63, 3.8) is 0 Å². The number of carbonyl (C=O) groups excluding carboxylic acids is 1. The monoisotopic (exact) mass is 371 g/mol. The zero-order chi connectivity index (χ0) is 16.2. The van der Waals surface area contributed by atoms with Gasteiger partial charge in [0.2, 0.25) is 11.8 Å². The third-order valence-corrected chi connectivity index (χ3v) is 3.11. The molecule has 7 heteroatoms. The van der Waals surface area contributed by atoms with Gasteiger partial charge in [0.1, 0.15) is 5.75 Å². The Bertz CT molecular complexity index is 656. The summed E-state index contributed by atoms with van der Waals surface area (Å²) >= 11 is 0. The third-order valence-electron chi connectivity index (χ3n) is 3.11. The number of nitrogens with zero attached hydrogens (tertiary/aromatic N) is 1. The van der Waals surface area contributed by atoms with E-state index in [4.69, 9.17) is 10.5 Å². The molecule has 0 aliphatic rings. The van der Waals surface area contributed by atoms with Gasteiger partial charge in [-0.2, -0.15) is 0 Å². The van der Waals surface area contributed by atoms with Crippen LogP contribution >= 0.6 is 24.8 Å². The number of nitrogens with two attached hydrogens (primary N) is 1. The van der Waals surface area contributed by atoms with Crippen LogP contribution in [0.3, 0.4) is 0 Å². The predicted octanol–water partition coefficient (Wildman–Crippen LogP) is 3.96. The van der Waals surface area contributed by atoms with Crippen molar-refractivity contribution in [3.8, 4) is 11.6 Å². The summed E-state index contributed by atoms with van der Waals surface area (Å²) in [6.45, 7) is 5.38. The van der Waals surface area contributed by atoms with Crippen molar-refractivity contribution in [2.45, 2.75) is 32.7 Å². The van der Waals surface area contributed by atoms with Crippen LogP contribution in [0.5, 0.6) is 11.6 Å². The molecule has 5 nitrogen and oxygen atoms in total. The van der Waals surface area contributed by atoms with Crippen LogP contribution in [0, 0.1) is 0 Å². The smallest absolute Gasteiger partial charge is 0.243 e. The van der Waals surface area contributed by atoms with E-state index < -0.39 is 5.54 Å². The van der Waals surface area contributed by atoms with E-state index in [2.05, 4.69) is 17.2 Å². The van der Waals surface area contributed by atoms with Crippen molar-refractivity contribution in [1.29, 1.82) is 0 Å². The van der Waals surface area contributed by atoms with Crippen molar-refractivity contribution in [2.24, 2.45) is 5.73 Å². The number of carbonyl (C=O) groups is 1. The van der Waals surface area contributed by atoms with Crippen LogP contribution in [-0.4, -0.2) is 16.4 Å². The Morgan fingerprint density at radius 3 is 2.50 bits per heavy atom. The molecule has 1 aromatic carbocycles. The van der Waals surface area contributed by atoms with Crippen molar-refractivity contribution in [3.05, 3.63) is 48.2 Å². The number of amides is 1. The Hall–Kier alpha value is -1.82. The van der Waals surface area contributed by atoms with E-state index in [1.54, 1.807) is 32.2 Å². The van der Waals surface area contributed by atoms with Crippen molar-refractivity contribution < 1.29 is 9.53 Å². The maximum atomic E-state index is 11.8. The van der Waals surface area contributed by atoms with Gasteiger partial charge in [-0.05, 0) is 44.0 Å². The van der Waals surface area contributed by atoms with Gasteiger partial charge in [0.05, 0.1) is 17.4 Å².